The largest absolute Gasteiger partial charge is 0.354 e. The van der Waals surface area contributed by atoms with E-state index in [0.29, 0.717) is 13.0 Å². The van der Waals surface area contributed by atoms with Gasteiger partial charge in [-0.05, 0) is 33.2 Å². The van der Waals surface area contributed by atoms with Gasteiger partial charge in [-0.15, -0.1) is 0 Å². The lowest BCUT2D eigenvalue weighted by Crippen LogP contribution is -2.47. The van der Waals surface area contributed by atoms with E-state index in [1.165, 1.54) is 0 Å². The summed E-state index contributed by atoms with van der Waals surface area (Å²) in [5.41, 5.74) is 0. The quantitative estimate of drug-likeness (QED) is 0.726. The molecule has 0 bridgehead atoms. The Morgan fingerprint density at radius 2 is 2.00 bits per heavy atom. The van der Waals surface area contributed by atoms with Gasteiger partial charge in [0.1, 0.15) is 0 Å². The van der Waals surface area contributed by atoms with Gasteiger partial charge in [0.15, 0.2) is 0 Å². The molecule has 1 unspecified atom stereocenters. The SMILES string of the molecule is CCN(CC)C(=O)CCNC(=O)C1CCCCN1. The van der Waals surface area contributed by atoms with E-state index in [0.717, 1.165) is 38.9 Å². The number of hydrogen-bond donors (Lipinski definition) is 2. The van der Waals surface area contributed by atoms with Gasteiger partial charge in [0.2, 0.25) is 11.8 Å². The first-order chi connectivity index (χ1) is 8.69. The molecule has 2 amide bonds. The van der Waals surface area contributed by atoms with Crippen LogP contribution in [-0.2, 0) is 9.59 Å². The van der Waals surface area contributed by atoms with Crippen LogP contribution in [0, 0.1) is 0 Å². The Morgan fingerprint density at radius 3 is 2.56 bits per heavy atom. The minimum absolute atomic E-state index is 0.0297. The Hall–Kier alpha value is -1.10. The van der Waals surface area contributed by atoms with Crippen molar-refractivity contribution < 1.29 is 9.59 Å². The Kier molecular flexibility index (Phi) is 6.72. The summed E-state index contributed by atoms with van der Waals surface area (Å²) >= 11 is 0. The molecule has 0 aromatic rings. The molecule has 1 fully saturated rings. The van der Waals surface area contributed by atoms with E-state index in [9.17, 15) is 9.59 Å². The van der Waals surface area contributed by atoms with E-state index in [1.54, 1.807) is 4.90 Å². The molecular weight excluding hydrogens is 230 g/mol. The second-order valence-electron chi connectivity index (χ2n) is 4.61. The number of carbonyl (C=O) groups excluding carboxylic acids is 2. The van der Waals surface area contributed by atoms with Gasteiger partial charge >= 0.3 is 0 Å². The van der Waals surface area contributed by atoms with Crippen LogP contribution in [0.3, 0.4) is 0 Å². The highest BCUT2D eigenvalue weighted by Crippen LogP contribution is 2.06. The van der Waals surface area contributed by atoms with Crippen molar-refractivity contribution >= 4 is 11.8 Å². The average molecular weight is 255 g/mol. The van der Waals surface area contributed by atoms with Gasteiger partial charge in [0.05, 0.1) is 6.04 Å². The minimum Gasteiger partial charge on any atom is -0.354 e. The summed E-state index contributed by atoms with van der Waals surface area (Å²) in [6, 6.07) is -0.0673. The predicted molar refractivity (Wildman–Crippen MR) is 71.2 cm³/mol. The van der Waals surface area contributed by atoms with Crippen LogP contribution in [0.4, 0.5) is 0 Å². The van der Waals surface area contributed by atoms with E-state index < -0.39 is 0 Å². The Labute approximate surface area is 109 Å². The maximum atomic E-state index is 11.8. The fourth-order valence-electron chi connectivity index (χ4n) is 2.23. The van der Waals surface area contributed by atoms with Crippen LogP contribution in [-0.4, -0.2) is 48.9 Å². The van der Waals surface area contributed by atoms with Gasteiger partial charge in [0.25, 0.3) is 0 Å². The fourth-order valence-corrected chi connectivity index (χ4v) is 2.23. The molecule has 0 saturated carbocycles. The van der Waals surface area contributed by atoms with Crippen molar-refractivity contribution in [3.8, 4) is 0 Å². The molecule has 0 spiro atoms. The third-order valence-corrected chi connectivity index (χ3v) is 3.38. The summed E-state index contributed by atoms with van der Waals surface area (Å²) < 4.78 is 0. The van der Waals surface area contributed by atoms with E-state index in [4.69, 9.17) is 0 Å². The molecule has 5 heteroatoms. The molecule has 5 nitrogen and oxygen atoms in total. The number of nitrogens with one attached hydrogen (secondary N) is 2. The normalized spacial score (nSPS) is 19.3. The van der Waals surface area contributed by atoms with Crippen molar-refractivity contribution in [1.29, 1.82) is 0 Å². The van der Waals surface area contributed by atoms with Crippen molar-refractivity contribution in [1.82, 2.24) is 15.5 Å². The van der Waals surface area contributed by atoms with Crippen LogP contribution in [0.1, 0.15) is 39.5 Å². The Morgan fingerprint density at radius 1 is 1.28 bits per heavy atom. The van der Waals surface area contributed by atoms with Crippen molar-refractivity contribution in [3.63, 3.8) is 0 Å². The summed E-state index contributed by atoms with van der Waals surface area (Å²) in [6.45, 7) is 6.74. The average Bonchev–Trinajstić information content (AvgIpc) is 2.41. The van der Waals surface area contributed by atoms with Gasteiger partial charge in [-0.3, -0.25) is 9.59 Å². The van der Waals surface area contributed by atoms with Crippen molar-refractivity contribution in [2.75, 3.05) is 26.2 Å². The standard InChI is InChI=1S/C13H25N3O2/c1-3-16(4-2)12(17)8-10-15-13(18)11-7-5-6-9-14-11/h11,14H,3-10H2,1-2H3,(H,15,18). The monoisotopic (exact) mass is 255 g/mol. The molecule has 2 N–H and O–H groups in total. The molecule has 0 radical (unpaired) electrons. The van der Waals surface area contributed by atoms with E-state index >= 15 is 0 Å². The van der Waals surface area contributed by atoms with Gasteiger partial charge in [-0.2, -0.15) is 0 Å². The molecule has 0 aromatic carbocycles. The highest BCUT2D eigenvalue weighted by Gasteiger charge is 2.20. The fraction of sp³-hybridized carbons (Fsp3) is 0.846. The highest BCUT2D eigenvalue weighted by atomic mass is 16.2. The topological polar surface area (TPSA) is 61.4 Å². The molecule has 1 aliphatic rings. The summed E-state index contributed by atoms with van der Waals surface area (Å²) in [4.78, 5) is 25.3. The number of rotatable bonds is 6. The first-order valence-electron chi connectivity index (χ1n) is 6.97. The minimum atomic E-state index is -0.0673. The van der Waals surface area contributed by atoms with Gasteiger partial charge in [-0.1, -0.05) is 6.42 Å². The predicted octanol–water partition coefficient (Wildman–Crippen LogP) is 0.503. The molecule has 0 aliphatic carbocycles. The lowest BCUT2D eigenvalue weighted by Gasteiger charge is -2.23. The maximum Gasteiger partial charge on any atom is 0.237 e. The third kappa shape index (κ3) is 4.64. The number of hydrogen-bond acceptors (Lipinski definition) is 3. The molecule has 1 atom stereocenters. The molecule has 104 valence electrons. The maximum absolute atomic E-state index is 11.8. The zero-order chi connectivity index (χ0) is 13.4. The summed E-state index contributed by atoms with van der Waals surface area (Å²) in [5, 5.41) is 6.03. The zero-order valence-electron chi connectivity index (χ0n) is 11.5. The number of carbonyl (C=O) groups is 2. The van der Waals surface area contributed by atoms with Gasteiger partial charge in [0, 0.05) is 26.1 Å². The third-order valence-electron chi connectivity index (χ3n) is 3.38. The van der Waals surface area contributed by atoms with Crippen LogP contribution in [0.5, 0.6) is 0 Å². The van der Waals surface area contributed by atoms with Crippen LogP contribution in [0.2, 0.25) is 0 Å². The Bertz CT molecular complexity index is 271. The molecule has 0 aromatic heterocycles. The van der Waals surface area contributed by atoms with E-state index in [1.807, 2.05) is 13.8 Å². The molecule has 1 rings (SSSR count). The molecule has 18 heavy (non-hydrogen) atoms. The van der Waals surface area contributed by atoms with Crippen LogP contribution >= 0.6 is 0 Å². The lowest BCUT2D eigenvalue weighted by molar-refractivity contribution is -0.130. The number of nitrogens with zero attached hydrogens (tertiary/aromatic N) is 1. The van der Waals surface area contributed by atoms with E-state index in [2.05, 4.69) is 10.6 Å². The second-order valence-corrected chi connectivity index (χ2v) is 4.61. The van der Waals surface area contributed by atoms with Gasteiger partial charge in [-0.25, -0.2) is 0 Å². The molecule has 1 aliphatic heterocycles. The van der Waals surface area contributed by atoms with Crippen molar-refractivity contribution in [2.45, 2.75) is 45.6 Å². The Balaban J connectivity index is 2.20. The van der Waals surface area contributed by atoms with Crippen LogP contribution < -0.4 is 10.6 Å². The first-order valence-corrected chi connectivity index (χ1v) is 6.97. The lowest BCUT2D eigenvalue weighted by atomic mass is 10.0. The zero-order valence-corrected chi connectivity index (χ0v) is 11.5. The summed E-state index contributed by atoms with van der Waals surface area (Å²) in [7, 11) is 0. The van der Waals surface area contributed by atoms with Crippen molar-refractivity contribution in [2.24, 2.45) is 0 Å². The van der Waals surface area contributed by atoms with E-state index in [-0.39, 0.29) is 17.9 Å². The van der Waals surface area contributed by atoms with Crippen LogP contribution in [0.25, 0.3) is 0 Å². The molecule has 1 saturated heterocycles. The first kappa shape index (κ1) is 15.0. The van der Waals surface area contributed by atoms with Crippen molar-refractivity contribution in [3.05, 3.63) is 0 Å². The number of piperidine rings is 1. The molecule has 1 heterocycles. The summed E-state index contributed by atoms with van der Waals surface area (Å²) in [6.07, 6.45) is 3.53. The highest BCUT2D eigenvalue weighted by molar-refractivity contribution is 5.82. The molecular formula is C13H25N3O2. The second kappa shape index (κ2) is 8.08. The smallest absolute Gasteiger partial charge is 0.237 e. The number of amides is 2. The summed E-state index contributed by atoms with van der Waals surface area (Å²) in [5.74, 6) is 0.138. The van der Waals surface area contributed by atoms with Crippen LogP contribution in [0.15, 0.2) is 0 Å². The van der Waals surface area contributed by atoms with Gasteiger partial charge < -0.3 is 15.5 Å².